The maximum atomic E-state index is 12.4. The number of hydrogen-bond donors (Lipinski definition) is 0. The number of methoxy groups -OCH3 is 1. The molecule has 0 aromatic heterocycles. The first-order chi connectivity index (χ1) is 11.2. The van der Waals surface area contributed by atoms with Crippen molar-refractivity contribution in [3.63, 3.8) is 0 Å². The van der Waals surface area contributed by atoms with Crippen LogP contribution in [0.5, 0.6) is 5.75 Å². The van der Waals surface area contributed by atoms with Gasteiger partial charge in [0, 0.05) is 6.54 Å². The predicted octanol–water partition coefficient (Wildman–Crippen LogP) is 3.80. The zero-order valence-electron chi connectivity index (χ0n) is 13.5. The second-order valence-electron chi connectivity index (χ2n) is 5.52. The summed E-state index contributed by atoms with van der Waals surface area (Å²) < 4.78 is 10.6. The van der Waals surface area contributed by atoms with E-state index in [9.17, 15) is 4.79 Å². The molecule has 0 spiro atoms. The molecule has 0 aliphatic carbocycles. The molecule has 1 unspecified atom stereocenters. The van der Waals surface area contributed by atoms with E-state index in [4.69, 9.17) is 9.47 Å². The Labute approximate surface area is 136 Å². The molecule has 1 atom stereocenters. The number of hydrogen-bond acceptors (Lipinski definition) is 3. The molecule has 4 heteroatoms. The molecule has 0 N–H and O–H groups in total. The second-order valence-corrected chi connectivity index (χ2v) is 5.52. The average Bonchev–Trinajstić information content (AvgIpc) is 2.61. The third kappa shape index (κ3) is 3.02. The van der Waals surface area contributed by atoms with E-state index >= 15 is 0 Å². The van der Waals surface area contributed by atoms with Crippen LogP contribution in [0.15, 0.2) is 48.5 Å². The Bertz CT molecular complexity index is 684. The van der Waals surface area contributed by atoms with Gasteiger partial charge in [-0.1, -0.05) is 36.4 Å². The maximum absolute atomic E-state index is 12.4. The van der Waals surface area contributed by atoms with E-state index in [0.717, 1.165) is 23.3 Å². The van der Waals surface area contributed by atoms with Crippen LogP contribution >= 0.6 is 0 Å². The molecular weight excluding hydrogens is 290 g/mol. The van der Waals surface area contributed by atoms with Gasteiger partial charge in [0.1, 0.15) is 5.75 Å². The molecule has 1 amide bonds. The minimum absolute atomic E-state index is 0.144. The van der Waals surface area contributed by atoms with E-state index in [1.54, 1.807) is 12.0 Å². The van der Waals surface area contributed by atoms with Crippen molar-refractivity contribution in [2.24, 2.45) is 0 Å². The first kappa shape index (κ1) is 15.4. The van der Waals surface area contributed by atoms with Crippen LogP contribution in [0.4, 0.5) is 4.79 Å². The number of ether oxygens (including phenoxy) is 2. The Morgan fingerprint density at radius 2 is 2.00 bits per heavy atom. The van der Waals surface area contributed by atoms with Crippen LogP contribution in [-0.4, -0.2) is 31.3 Å². The van der Waals surface area contributed by atoms with Crippen molar-refractivity contribution >= 4 is 6.09 Å². The average molecular weight is 311 g/mol. The molecule has 23 heavy (non-hydrogen) atoms. The lowest BCUT2D eigenvalue weighted by atomic mass is 9.88. The van der Waals surface area contributed by atoms with Crippen molar-refractivity contribution in [2.75, 3.05) is 20.3 Å². The summed E-state index contributed by atoms with van der Waals surface area (Å²) in [7, 11) is 1.66. The number of carbonyl (C=O) groups excluding carboxylic acids is 1. The Morgan fingerprint density at radius 1 is 1.22 bits per heavy atom. The summed E-state index contributed by atoms with van der Waals surface area (Å²) in [4.78, 5) is 14.2. The van der Waals surface area contributed by atoms with Gasteiger partial charge in [0.15, 0.2) is 0 Å². The van der Waals surface area contributed by atoms with Gasteiger partial charge >= 0.3 is 6.09 Å². The van der Waals surface area contributed by atoms with Crippen LogP contribution in [0.25, 0.3) is 0 Å². The highest BCUT2D eigenvalue weighted by Gasteiger charge is 2.33. The summed E-state index contributed by atoms with van der Waals surface area (Å²) in [5.41, 5.74) is 3.44. The Hall–Kier alpha value is -2.49. The third-order valence-corrected chi connectivity index (χ3v) is 4.20. The number of amides is 1. The molecule has 0 bridgehead atoms. The monoisotopic (exact) mass is 311 g/mol. The van der Waals surface area contributed by atoms with Crippen molar-refractivity contribution in [1.82, 2.24) is 4.90 Å². The standard InChI is InChI=1S/C19H21NO3/c1-3-23-19(21)20-12-11-14-9-10-16(22-2)13-17(14)18(20)15-7-5-4-6-8-15/h4-10,13,18H,3,11-12H2,1-2H3. The largest absolute Gasteiger partial charge is 0.497 e. The summed E-state index contributed by atoms with van der Waals surface area (Å²) in [6, 6.07) is 16.0. The molecular formula is C19H21NO3. The van der Waals surface area contributed by atoms with Gasteiger partial charge in [-0.3, -0.25) is 4.90 Å². The molecule has 1 heterocycles. The third-order valence-electron chi connectivity index (χ3n) is 4.20. The Morgan fingerprint density at radius 3 is 2.70 bits per heavy atom. The van der Waals surface area contributed by atoms with E-state index in [0.29, 0.717) is 13.2 Å². The number of benzene rings is 2. The molecule has 4 nitrogen and oxygen atoms in total. The van der Waals surface area contributed by atoms with Crippen LogP contribution in [0.3, 0.4) is 0 Å². The van der Waals surface area contributed by atoms with Gasteiger partial charge in [-0.2, -0.15) is 0 Å². The molecule has 3 rings (SSSR count). The van der Waals surface area contributed by atoms with Crippen molar-refractivity contribution in [3.05, 3.63) is 65.2 Å². The van der Waals surface area contributed by atoms with Gasteiger partial charge in [0.25, 0.3) is 0 Å². The van der Waals surface area contributed by atoms with Gasteiger partial charge in [-0.05, 0) is 42.2 Å². The van der Waals surface area contributed by atoms with Crippen LogP contribution in [0, 0.1) is 0 Å². The number of carbonyl (C=O) groups is 1. The highest BCUT2D eigenvalue weighted by atomic mass is 16.6. The van der Waals surface area contributed by atoms with Gasteiger partial charge in [0.05, 0.1) is 19.8 Å². The zero-order chi connectivity index (χ0) is 16.2. The summed E-state index contributed by atoms with van der Waals surface area (Å²) >= 11 is 0. The fraction of sp³-hybridized carbons (Fsp3) is 0.316. The van der Waals surface area contributed by atoms with Crippen molar-refractivity contribution in [1.29, 1.82) is 0 Å². The number of nitrogens with zero attached hydrogens (tertiary/aromatic N) is 1. The molecule has 2 aromatic rings. The molecule has 0 saturated heterocycles. The van der Waals surface area contributed by atoms with E-state index in [1.165, 1.54) is 5.56 Å². The Balaban J connectivity index is 2.08. The van der Waals surface area contributed by atoms with Crippen molar-refractivity contribution in [2.45, 2.75) is 19.4 Å². The summed E-state index contributed by atoms with van der Waals surface area (Å²) in [5, 5.41) is 0. The quantitative estimate of drug-likeness (QED) is 0.865. The van der Waals surface area contributed by atoms with E-state index in [2.05, 4.69) is 6.07 Å². The second kappa shape index (κ2) is 6.73. The van der Waals surface area contributed by atoms with Crippen LogP contribution in [0.1, 0.15) is 29.7 Å². The fourth-order valence-corrected chi connectivity index (χ4v) is 3.12. The van der Waals surface area contributed by atoms with Gasteiger partial charge in [-0.15, -0.1) is 0 Å². The van der Waals surface area contributed by atoms with Crippen LogP contribution < -0.4 is 4.74 Å². The topological polar surface area (TPSA) is 38.8 Å². The molecule has 2 aromatic carbocycles. The fourth-order valence-electron chi connectivity index (χ4n) is 3.12. The van der Waals surface area contributed by atoms with Crippen molar-refractivity contribution in [3.8, 4) is 5.75 Å². The first-order valence-corrected chi connectivity index (χ1v) is 7.89. The first-order valence-electron chi connectivity index (χ1n) is 7.89. The van der Waals surface area contributed by atoms with Gasteiger partial charge < -0.3 is 9.47 Å². The molecule has 0 radical (unpaired) electrons. The molecule has 1 aliphatic rings. The molecule has 120 valence electrons. The smallest absolute Gasteiger partial charge is 0.410 e. The van der Waals surface area contributed by atoms with E-state index < -0.39 is 0 Å². The predicted molar refractivity (Wildman–Crippen MR) is 88.7 cm³/mol. The van der Waals surface area contributed by atoms with Crippen LogP contribution in [-0.2, 0) is 11.2 Å². The zero-order valence-corrected chi connectivity index (χ0v) is 13.5. The summed E-state index contributed by atoms with van der Waals surface area (Å²) in [6.07, 6.45) is 0.552. The highest BCUT2D eigenvalue weighted by Crippen LogP contribution is 2.37. The lowest BCUT2D eigenvalue weighted by Crippen LogP contribution is -2.41. The lowest BCUT2D eigenvalue weighted by Gasteiger charge is -2.37. The van der Waals surface area contributed by atoms with E-state index in [-0.39, 0.29) is 12.1 Å². The van der Waals surface area contributed by atoms with E-state index in [1.807, 2.05) is 49.4 Å². The van der Waals surface area contributed by atoms with Gasteiger partial charge in [-0.25, -0.2) is 4.79 Å². The Kier molecular flexibility index (Phi) is 4.51. The summed E-state index contributed by atoms with van der Waals surface area (Å²) in [6.45, 7) is 2.86. The maximum Gasteiger partial charge on any atom is 0.410 e. The highest BCUT2D eigenvalue weighted by molar-refractivity contribution is 5.70. The number of fused-ring (bicyclic) bond motifs is 1. The molecule has 1 aliphatic heterocycles. The summed E-state index contributed by atoms with van der Waals surface area (Å²) in [5.74, 6) is 0.801. The van der Waals surface area contributed by atoms with Crippen LogP contribution in [0.2, 0.25) is 0 Å². The normalized spacial score (nSPS) is 16.6. The molecule has 0 saturated carbocycles. The number of rotatable bonds is 3. The van der Waals surface area contributed by atoms with Crippen molar-refractivity contribution < 1.29 is 14.3 Å². The minimum atomic E-state index is -0.269. The lowest BCUT2D eigenvalue weighted by molar-refractivity contribution is 0.0937. The SMILES string of the molecule is CCOC(=O)N1CCc2ccc(OC)cc2C1c1ccccc1. The van der Waals surface area contributed by atoms with Gasteiger partial charge in [0.2, 0.25) is 0 Å². The molecule has 0 fully saturated rings. The minimum Gasteiger partial charge on any atom is -0.497 e.